The predicted octanol–water partition coefficient (Wildman–Crippen LogP) is 10.1. The quantitative estimate of drug-likeness (QED) is 0.186. The lowest BCUT2D eigenvalue weighted by atomic mass is 10.1. The van der Waals surface area contributed by atoms with Gasteiger partial charge in [-0.1, -0.05) is 140 Å². The first-order chi connectivity index (χ1) is 17.8. The molecule has 7 heteroatoms. The fourth-order valence-corrected chi connectivity index (χ4v) is 7.09. The average Bonchev–Trinajstić information content (AvgIpc) is 2.88. The highest BCUT2D eigenvalue weighted by molar-refractivity contribution is 9.10. The van der Waals surface area contributed by atoms with Crippen molar-refractivity contribution in [1.29, 1.82) is 0 Å². The summed E-state index contributed by atoms with van der Waals surface area (Å²) in [6.07, 6.45) is 6.99. The summed E-state index contributed by atoms with van der Waals surface area (Å²) in [6, 6.07) is 29.3. The standard InChI is InChI=1S/C30H22Br2Cl2O2S/c31-23-15-9-21(10-16-23)13-19-29(25-5-1-3-7-27(25)33)37(35,36)30(26-6-2-4-8-28(26)34)20-14-22-11-17-24(32)18-12-22/h1-20,29-30H/b19-13-,20-14-. The molecule has 188 valence electrons. The first kappa shape index (κ1) is 27.9. The van der Waals surface area contributed by atoms with Crippen molar-refractivity contribution in [2.45, 2.75) is 10.5 Å². The molecule has 4 aromatic carbocycles. The van der Waals surface area contributed by atoms with Crippen LogP contribution in [0.2, 0.25) is 10.0 Å². The molecule has 2 atom stereocenters. The minimum Gasteiger partial charge on any atom is -0.227 e. The SMILES string of the molecule is O=S(=O)(C(/C=C\c1ccc(Br)cc1)c1ccccc1Cl)C(/C=C\c1ccc(Br)cc1)c1ccccc1Cl. The van der Waals surface area contributed by atoms with Gasteiger partial charge in [-0.05, 0) is 58.7 Å². The third kappa shape index (κ3) is 7.04. The van der Waals surface area contributed by atoms with E-state index in [4.69, 9.17) is 23.2 Å². The topological polar surface area (TPSA) is 34.1 Å². The summed E-state index contributed by atoms with van der Waals surface area (Å²) >= 11 is 20.0. The van der Waals surface area contributed by atoms with Gasteiger partial charge >= 0.3 is 0 Å². The molecule has 4 rings (SSSR count). The second-order valence-corrected chi connectivity index (χ2v) is 13.1. The third-order valence-electron chi connectivity index (χ3n) is 5.80. The molecule has 0 aliphatic carbocycles. The minimum atomic E-state index is -3.93. The van der Waals surface area contributed by atoms with Gasteiger partial charge in [0, 0.05) is 19.0 Å². The Kier molecular flexibility index (Phi) is 9.49. The van der Waals surface area contributed by atoms with E-state index >= 15 is 0 Å². The summed E-state index contributed by atoms with van der Waals surface area (Å²) in [5.74, 6) is 0. The van der Waals surface area contributed by atoms with E-state index in [0.717, 1.165) is 20.1 Å². The number of halogens is 4. The zero-order chi connectivity index (χ0) is 26.4. The molecule has 37 heavy (non-hydrogen) atoms. The molecular weight excluding hydrogens is 655 g/mol. The van der Waals surface area contributed by atoms with Gasteiger partial charge in [0.05, 0.1) is 0 Å². The number of sulfone groups is 1. The van der Waals surface area contributed by atoms with Gasteiger partial charge in [-0.15, -0.1) is 0 Å². The molecule has 2 nitrogen and oxygen atoms in total. The van der Waals surface area contributed by atoms with E-state index in [2.05, 4.69) is 31.9 Å². The largest absolute Gasteiger partial charge is 0.227 e. The smallest absolute Gasteiger partial charge is 0.171 e. The maximum Gasteiger partial charge on any atom is 0.171 e. The molecule has 0 aliphatic heterocycles. The molecule has 0 aliphatic rings. The van der Waals surface area contributed by atoms with Gasteiger partial charge < -0.3 is 0 Å². The Morgan fingerprint density at radius 2 is 0.919 bits per heavy atom. The summed E-state index contributed by atoms with van der Waals surface area (Å²) in [5, 5.41) is -1.26. The van der Waals surface area contributed by atoms with Gasteiger partial charge in [0.1, 0.15) is 10.5 Å². The van der Waals surface area contributed by atoms with Gasteiger partial charge in [0.15, 0.2) is 9.84 Å². The van der Waals surface area contributed by atoms with E-state index in [1.54, 1.807) is 72.8 Å². The number of hydrogen-bond acceptors (Lipinski definition) is 2. The highest BCUT2D eigenvalue weighted by Crippen LogP contribution is 2.41. The second kappa shape index (κ2) is 12.6. The summed E-state index contributed by atoms with van der Waals surface area (Å²) in [4.78, 5) is 0. The normalized spacial score (nSPS) is 13.7. The highest BCUT2D eigenvalue weighted by atomic mass is 79.9. The Morgan fingerprint density at radius 3 is 1.27 bits per heavy atom. The molecular formula is C30H22Br2Cl2O2S. The number of benzene rings is 4. The Morgan fingerprint density at radius 1 is 0.568 bits per heavy atom. The molecule has 4 aromatic rings. The summed E-state index contributed by atoms with van der Waals surface area (Å²) in [6.45, 7) is 0. The van der Waals surface area contributed by atoms with Crippen molar-refractivity contribution in [1.82, 2.24) is 0 Å². The molecule has 0 bridgehead atoms. The molecule has 2 unspecified atom stereocenters. The van der Waals surface area contributed by atoms with Gasteiger partial charge in [-0.25, -0.2) is 8.42 Å². The van der Waals surface area contributed by atoms with Crippen LogP contribution < -0.4 is 0 Å². The maximum absolute atomic E-state index is 14.5. The molecule has 0 spiro atoms. The molecule has 0 fully saturated rings. The van der Waals surface area contributed by atoms with Crippen LogP contribution in [-0.4, -0.2) is 8.42 Å². The predicted molar refractivity (Wildman–Crippen MR) is 164 cm³/mol. The Balaban J connectivity index is 1.85. The van der Waals surface area contributed by atoms with Gasteiger partial charge in [0.25, 0.3) is 0 Å². The van der Waals surface area contributed by atoms with Crippen LogP contribution in [-0.2, 0) is 9.84 Å². The summed E-state index contributed by atoms with van der Waals surface area (Å²) in [7, 11) is -3.93. The van der Waals surface area contributed by atoms with Crippen LogP contribution in [0.25, 0.3) is 12.2 Å². The van der Waals surface area contributed by atoms with Crippen LogP contribution >= 0.6 is 55.1 Å². The third-order valence-corrected chi connectivity index (χ3v) is 9.78. The van der Waals surface area contributed by atoms with E-state index in [9.17, 15) is 8.42 Å². The summed E-state index contributed by atoms with van der Waals surface area (Å²) < 4.78 is 30.8. The zero-order valence-corrected chi connectivity index (χ0v) is 24.9. The number of rotatable bonds is 8. The molecule has 0 heterocycles. The lowest BCUT2D eigenvalue weighted by Crippen LogP contribution is -2.19. The fourth-order valence-electron chi connectivity index (χ4n) is 3.89. The lowest BCUT2D eigenvalue weighted by Gasteiger charge is -2.23. The van der Waals surface area contributed by atoms with Gasteiger partial charge in [-0.2, -0.15) is 0 Å². The van der Waals surface area contributed by atoms with E-state index < -0.39 is 20.3 Å². The monoisotopic (exact) mass is 674 g/mol. The highest BCUT2D eigenvalue weighted by Gasteiger charge is 2.35. The first-order valence-electron chi connectivity index (χ1n) is 11.3. The van der Waals surface area contributed by atoms with Crippen LogP contribution in [0.3, 0.4) is 0 Å². The zero-order valence-electron chi connectivity index (χ0n) is 19.4. The number of hydrogen-bond donors (Lipinski definition) is 0. The lowest BCUT2D eigenvalue weighted by molar-refractivity contribution is 0.584. The molecule has 0 saturated carbocycles. The minimum absolute atomic E-state index is 0.381. The molecule has 0 saturated heterocycles. The van der Waals surface area contributed by atoms with Crippen molar-refractivity contribution >= 4 is 77.1 Å². The second-order valence-electron chi connectivity index (χ2n) is 8.29. The fraction of sp³-hybridized carbons (Fsp3) is 0.0667. The van der Waals surface area contributed by atoms with Crippen molar-refractivity contribution in [2.24, 2.45) is 0 Å². The van der Waals surface area contributed by atoms with Gasteiger partial charge in [-0.3, -0.25) is 0 Å². The maximum atomic E-state index is 14.5. The van der Waals surface area contributed by atoms with E-state index in [-0.39, 0.29) is 0 Å². The van der Waals surface area contributed by atoms with Crippen molar-refractivity contribution in [3.8, 4) is 0 Å². The van der Waals surface area contributed by atoms with Crippen LogP contribution in [0, 0.1) is 0 Å². The van der Waals surface area contributed by atoms with Gasteiger partial charge in [0.2, 0.25) is 0 Å². The molecule has 0 amide bonds. The van der Waals surface area contributed by atoms with E-state index in [0.29, 0.717) is 21.2 Å². The average molecular weight is 677 g/mol. The van der Waals surface area contributed by atoms with Crippen molar-refractivity contribution in [3.63, 3.8) is 0 Å². The van der Waals surface area contributed by atoms with Crippen LogP contribution in [0.5, 0.6) is 0 Å². The van der Waals surface area contributed by atoms with Crippen molar-refractivity contribution < 1.29 is 8.42 Å². The molecule has 0 radical (unpaired) electrons. The van der Waals surface area contributed by atoms with Crippen LogP contribution in [0.4, 0.5) is 0 Å². The molecule has 0 aromatic heterocycles. The van der Waals surface area contributed by atoms with E-state index in [1.165, 1.54) is 0 Å². The Labute approximate surface area is 244 Å². The van der Waals surface area contributed by atoms with Crippen molar-refractivity contribution in [3.05, 3.63) is 150 Å². The molecule has 0 N–H and O–H groups in total. The van der Waals surface area contributed by atoms with Crippen LogP contribution in [0.1, 0.15) is 32.8 Å². The van der Waals surface area contributed by atoms with Crippen LogP contribution in [0.15, 0.2) is 118 Å². The Bertz CT molecular complexity index is 1420. The summed E-state index contributed by atoms with van der Waals surface area (Å²) in [5.41, 5.74) is 2.75. The van der Waals surface area contributed by atoms with E-state index in [1.807, 2.05) is 48.5 Å². The Hall–Kier alpha value is -2.15. The first-order valence-corrected chi connectivity index (χ1v) is 15.3. The van der Waals surface area contributed by atoms with Crippen molar-refractivity contribution in [2.75, 3.05) is 0 Å².